The number of aromatic carboxylic acids is 1. The topological polar surface area (TPSA) is 49.3 Å². The molecule has 0 spiro atoms. The molecule has 0 amide bonds. The van der Waals surface area contributed by atoms with Crippen LogP contribution in [-0.4, -0.2) is 11.1 Å². The number of rotatable bonds is 4. The maximum absolute atomic E-state index is 10.9. The van der Waals surface area contributed by atoms with Crippen molar-refractivity contribution in [1.29, 1.82) is 0 Å². The third-order valence-electron chi connectivity index (χ3n) is 2.94. The van der Waals surface area contributed by atoms with Crippen molar-refractivity contribution < 1.29 is 9.90 Å². The van der Waals surface area contributed by atoms with Crippen LogP contribution in [-0.2, 0) is 6.54 Å². The molecule has 0 aromatic heterocycles. The summed E-state index contributed by atoms with van der Waals surface area (Å²) < 4.78 is 1.87. The van der Waals surface area contributed by atoms with Crippen LogP contribution in [0.3, 0.4) is 0 Å². The monoisotopic (exact) mass is 397 g/mol. The van der Waals surface area contributed by atoms with Crippen molar-refractivity contribution in [2.75, 3.05) is 5.32 Å². The van der Waals surface area contributed by atoms with Crippen molar-refractivity contribution in [3.8, 4) is 0 Å². The van der Waals surface area contributed by atoms with Crippen molar-refractivity contribution in [3.63, 3.8) is 0 Å². The van der Waals surface area contributed by atoms with Gasteiger partial charge in [-0.3, -0.25) is 0 Å². The van der Waals surface area contributed by atoms with E-state index in [1.165, 1.54) is 0 Å². The van der Waals surface area contributed by atoms with Crippen LogP contribution in [0.4, 0.5) is 5.69 Å². The highest BCUT2D eigenvalue weighted by molar-refractivity contribution is 9.10. The zero-order valence-corrected chi connectivity index (χ0v) is 14.0. The molecule has 2 N–H and O–H groups in total. The van der Waals surface area contributed by atoms with Crippen LogP contribution >= 0.6 is 31.9 Å². The Morgan fingerprint density at radius 3 is 2.50 bits per heavy atom. The third-order valence-corrected chi connectivity index (χ3v) is 4.57. The molecule has 0 unspecified atom stereocenters. The quantitative estimate of drug-likeness (QED) is 0.775. The first-order valence-electron chi connectivity index (χ1n) is 5.99. The lowest BCUT2D eigenvalue weighted by molar-refractivity contribution is 0.0697. The predicted molar refractivity (Wildman–Crippen MR) is 87.3 cm³/mol. The summed E-state index contributed by atoms with van der Waals surface area (Å²) >= 11 is 6.87. The number of hydrogen-bond donors (Lipinski definition) is 2. The van der Waals surface area contributed by atoms with Gasteiger partial charge in [-0.15, -0.1) is 0 Å². The number of hydrogen-bond acceptors (Lipinski definition) is 2. The van der Waals surface area contributed by atoms with E-state index in [4.69, 9.17) is 5.11 Å². The van der Waals surface area contributed by atoms with Gasteiger partial charge >= 0.3 is 5.97 Å². The van der Waals surface area contributed by atoms with E-state index >= 15 is 0 Å². The van der Waals surface area contributed by atoms with Crippen molar-refractivity contribution >= 4 is 43.5 Å². The van der Waals surface area contributed by atoms with E-state index in [-0.39, 0.29) is 5.56 Å². The lowest BCUT2D eigenvalue weighted by Gasteiger charge is -2.10. The van der Waals surface area contributed by atoms with E-state index in [1.807, 2.05) is 25.1 Å². The van der Waals surface area contributed by atoms with Gasteiger partial charge in [0.15, 0.2) is 0 Å². The van der Waals surface area contributed by atoms with Crippen LogP contribution in [0.5, 0.6) is 0 Å². The van der Waals surface area contributed by atoms with Crippen molar-refractivity contribution in [1.82, 2.24) is 0 Å². The highest BCUT2D eigenvalue weighted by Crippen LogP contribution is 2.23. The molecule has 0 aliphatic rings. The largest absolute Gasteiger partial charge is 0.478 e. The molecule has 2 aromatic carbocycles. The smallest absolute Gasteiger partial charge is 0.335 e. The fourth-order valence-corrected chi connectivity index (χ4v) is 2.54. The van der Waals surface area contributed by atoms with Crippen molar-refractivity contribution in [2.45, 2.75) is 13.5 Å². The fourth-order valence-electron chi connectivity index (χ4n) is 1.78. The highest BCUT2D eigenvalue weighted by atomic mass is 79.9. The average Bonchev–Trinajstić information content (AvgIpc) is 2.41. The SMILES string of the molecule is Cc1cc(NCc2ccc(C(=O)O)cc2Br)ccc1Br. The zero-order chi connectivity index (χ0) is 14.7. The Labute approximate surface area is 134 Å². The van der Waals surface area contributed by atoms with Gasteiger partial charge in [-0.1, -0.05) is 37.9 Å². The van der Waals surface area contributed by atoms with E-state index in [9.17, 15) is 4.79 Å². The maximum atomic E-state index is 10.9. The molecule has 0 heterocycles. The minimum absolute atomic E-state index is 0.278. The molecule has 5 heteroatoms. The van der Waals surface area contributed by atoms with Gasteiger partial charge in [0.1, 0.15) is 0 Å². The van der Waals surface area contributed by atoms with Gasteiger partial charge in [0.2, 0.25) is 0 Å². The Morgan fingerprint density at radius 2 is 1.90 bits per heavy atom. The van der Waals surface area contributed by atoms with Gasteiger partial charge in [-0.05, 0) is 48.4 Å². The second kappa shape index (κ2) is 6.41. The standard InChI is InChI=1S/C15H13Br2NO2/c1-9-6-12(4-5-13(9)16)18-8-11-3-2-10(15(19)20)7-14(11)17/h2-7,18H,8H2,1H3,(H,19,20). The lowest BCUT2D eigenvalue weighted by atomic mass is 10.1. The van der Waals surface area contributed by atoms with Gasteiger partial charge in [-0.2, -0.15) is 0 Å². The molecule has 0 bridgehead atoms. The van der Waals surface area contributed by atoms with Gasteiger partial charge in [-0.25, -0.2) is 4.79 Å². The molecule has 0 fully saturated rings. The van der Waals surface area contributed by atoms with Gasteiger partial charge in [0.05, 0.1) is 5.56 Å². The number of carboxylic acids is 1. The van der Waals surface area contributed by atoms with Crippen LogP contribution in [0.25, 0.3) is 0 Å². The summed E-state index contributed by atoms with van der Waals surface area (Å²) in [5.74, 6) is -0.922. The van der Waals surface area contributed by atoms with Crippen LogP contribution in [0, 0.1) is 6.92 Å². The number of carbonyl (C=O) groups is 1. The summed E-state index contributed by atoms with van der Waals surface area (Å²) in [6, 6.07) is 11.1. The Morgan fingerprint density at radius 1 is 1.15 bits per heavy atom. The normalized spacial score (nSPS) is 10.3. The summed E-state index contributed by atoms with van der Waals surface area (Å²) in [7, 11) is 0. The maximum Gasteiger partial charge on any atom is 0.335 e. The summed E-state index contributed by atoms with van der Waals surface area (Å²) in [6.07, 6.45) is 0. The molecule has 2 rings (SSSR count). The number of aryl methyl sites for hydroxylation is 1. The number of anilines is 1. The molecular formula is C15H13Br2NO2. The summed E-state index contributed by atoms with van der Waals surface area (Å²) in [6.45, 7) is 2.66. The van der Waals surface area contributed by atoms with Crippen molar-refractivity contribution in [3.05, 3.63) is 62.0 Å². The van der Waals surface area contributed by atoms with Crippen LogP contribution in [0.2, 0.25) is 0 Å². The Kier molecular flexibility index (Phi) is 4.83. The van der Waals surface area contributed by atoms with E-state index in [0.29, 0.717) is 6.54 Å². The zero-order valence-electron chi connectivity index (χ0n) is 10.8. The van der Waals surface area contributed by atoms with Crippen LogP contribution < -0.4 is 5.32 Å². The molecule has 0 saturated heterocycles. The average molecular weight is 399 g/mol. The fraction of sp³-hybridized carbons (Fsp3) is 0.133. The Hall–Kier alpha value is -1.33. The molecule has 104 valence electrons. The lowest BCUT2D eigenvalue weighted by Crippen LogP contribution is -2.02. The van der Waals surface area contributed by atoms with Crippen LogP contribution in [0.1, 0.15) is 21.5 Å². The van der Waals surface area contributed by atoms with Crippen LogP contribution in [0.15, 0.2) is 45.3 Å². The second-order valence-corrected chi connectivity index (χ2v) is 6.14. The van der Waals surface area contributed by atoms with Gasteiger partial charge in [0.25, 0.3) is 0 Å². The minimum Gasteiger partial charge on any atom is -0.478 e. The molecule has 0 aliphatic heterocycles. The first-order chi connectivity index (χ1) is 9.47. The van der Waals surface area contributed by atoms with E-state index in [0.717, 1.165) is 25.8 Å². The molecule has 0 saturated carbocycles. The molecule has 0 aliphatic carbocycles. The van der Waals surface area contributed by atoms with Gasteiger partial charge < -0.3 is 10.4 Å². The Bertz CT molecular complexity index is 656. The molecule has 20 heavy (non-hydrogen) atoms. The Balaban J connectivity index is 2.10. The number of halogens is 2. The molecule has 3 nitrogen and oxygen atoms in total. The number of carboxylic acid groups (broad SMARTS) is 1. The minimum atomic E-state index is -0.922. The summed E-state index contributed by atoms with van der Waals surface area (Å²) in [4.78, 5) is 10.9. The molecule has 2 aromatic rings. The van der Waals surface area contributed by atoms with E-state index in [1.54, 1.807) is 12.1 Å². The number of nitrogens with one attached hydrogen (secondary N) is 1. The third kappa shape index (κ3) is 3.61. The van der Waals surface area contributed by atoms with Gasteiger partial charge in [0, 0.05) is 21.2 Å². The molecule has 0 atom stereocenters. The predicted octanol–water partition coefficient (Wildman–Crippen LogP) is 4.83. The number of benzene rings is 2. The van der Waals surface area contributed by atoms with Crippen molar-refractivity contribution in [2.24, 2.45) is 0 Å². The highest BCUT2D eigenvalue weighted by Gasteiger charge is 2.06. The van der Waals surface area contributed by atoms with E-state index in [2.05, 4.69) is 43.2 Å². The summed E-state index contributed by atoms with van der Waals surface area (Å²) in [5.41, 5.74) is 3.48. The first-order valence-corrected chi connectivity index (χ1v) is 7.57. The second-order valence-electron chi connectivity index (χ2n) is 4.43. The molecular weight excluding hydrogens is 386 g/mol. The summed E-state index contributed by atoms with van der Waals surface area (Å²) in [5, 5.41) is 12.2. The van der Waals surface area contributed by atoms with E-state index < -0.39 is 5.97 Å². The first kappa shape index (κ1) is 15.1. The molecule has 0 radical (unpaired) electrons.